The number of carbonyl (C=O) groups is 1. The number of hydrogen-bond acceptors (Lipinski definition) is 5. The van der Waals surface area contributed by atoms with Crippen molar-refractivity contribution in [1.29, 1.82) is 0 Å². The van der Waals surface area contributed by atoms with Gasteiger partial charge < -0.3 is 18.9 Å². The zero-order valence-corrected chi connectivity index (χ0v) is 16.4. The maximum Gasteiger partial charge on any atom is 0.311 e. The van der Waals surface area contributed by atoms with E-state index in [2.05, 4.69) is 13.5 Å². The van der Waals surface area contributed by atoms with Crippen LogP contribution in [0.4, 0.5) is 0 Å². The minimum absolute atomic E-state index is 0.0410. The highest BCUT2D eigenvalue weighted by Crippen LogP contribution is 2.37. The highest BCUT2D eigenvalue weighted by molar-refractivity contribution is 5.75. The molecule has 1 saturated heterocycles. The standard InChI is InChI=1S/C19H34O5/c1-10-14(21-9)16-13(3)15(23-19(7,8)24-16)12(2)11-22-17(20)18(4,5)6/h10,12-16H,1,11H2,2-9H3/t12-,13+,14+,15-,16-/m1/s1. The molecule has 1 rings (SSSR count). The molecule has 24 heavy (non-hydrogen) atoms. The van der Waals surface area contributed by atoms with Crippen LogP contribution in [0.25, 0.3) is 0 Å². The molecule has 0 aromatic heterocycles. The monoisotopic (exact) mass is 342 g/mol. The predicted molar refractivity (Wildman–Crippen MR) is 93.6 cm³/mol. The summed E-state index contributed by atoms with van der Waals surface area (Å²) in [5, 5.41) is 0. The lowest BCUT2D eigenvalue weighted by molar-refractivity contribution is -0.338. The van der Waals surface area contributed by atoms with E-state index in [9.17, 15) is 4.79 Å². The molecule has 1 aliphatic rings. The third kappa shape index (κ3) is 5.30. The van der Waals surface area contributed by atoms with Gasteiger partial charge in [0, 0.05) is 18.9 Å². The van der Waals surface area contributed by atoms with E-state index in [0.717, 1.165) is 0 Å². The summed E-state index contributed by atoms with van der Waals surface area (Å²) in [5.41, 5.74) is -0.506. The molecule has 0 N–H and O–H groups in total. The maximum atomic E-state index is 12.0. The molecule has 1 aliphatic heterocycles. The van der Waals surface area contributed by atoms with E-state index in [-0.39, 0.29) is 36.1 Å². The molecule has 5 heteroatoms. The van der Waals surface area contributed by atoms with E-state index in [0.29, 0.717) is 6.61 Å². The summed E-state index contributed by atoms with van der Waals surface area (Å²) in [5.74, 6) is -0.821. The number of hydrogen-bond donors (Lipinski definition) is 0. The molecule has 0 radical (unpaired) electrons. The molecule has 5 nitrogen and oxygen atoms in total. The van der Waals surface area contributed by atoms with E-state index >= 15 is 0 Å². The van der Waals surface area contributed by atoms with Crippen molar-refractivity contribution >= 4 is 5.97 Å². The lowest BCUT2D eigenvalue weighted by Gasteiger charge is -2.48. The van der Waals surface area contributed by atoms with Gasteiger partial charge >= 0.3 is 5.97 Å². The fraction of sp³-hybridized carbons (Fsp3) is 0.842. The van der Waals surface area contributed by atoms with E-state index in [4.69, 9.17) is 18.9 Å². The largest absolute Gasteiger partial charge is 0.465 e. The topological polar surface area (TPSA) is 54.0 Å². The summed E-state index contributed by atoms with van der Waals surface area (Å²) < 4.78 is 23.2. The second-order valence-corrected chi connectivity index (χ2v) is 8.19. The zero-order valence-electron chi connectivity index (χ0n) is 16.4. The molecule has 1 heterocycles. The molecule has 0 aromatic carbocycles. The summed E-state index contributed by atoms with van der Waals surface area (Å²) in [7, 11) is 1.65. The normalized spacial score (nSPS) is 29.6. The lowest BCUT2D eigenvalue weighted by atomic mass is 9.85. The van der Waals surface area contributed by atoms with Gasteiger partial charge in [-0.15, -0.1) is 6.58 Å². The van der Waals surface area contributed by atoms with Gasteiger partial charge in [0.05, 0.1) is 24.2 Å². The number of methoxy groups -OCH3 is 1. The third-order valence-electron chi connectivity index (χ3n) is 4.36. The van der Waals surface area contributed by atoms with Crippen LogP contribution < -0.4 is 0 Å². The second kappa shape index (κ2) is 7.98. The first kappa shape index (κ1) is 21.1. The zero-order chi connectivity index (χ0) is 18.7. The van der Waals surface area contributed by atoms with Crippen molar-refractivity contribution in [1.82, 2.24) is 0 Å². The van der Waals surface area contributed by atoms with Gasteiger partial charge in [0.2, 0.25) is 0 Å². The van der Waals surface area contributed by atoms with Crippen molar-refractivity contribution in [3.05, 3.63) is 12.7 Å². The molecule has 0 bridgehead atoms. The fourth-order valence-corrected chi connectivity index (χ4v) is 2.97. The molecule has 0 amide bonds. The van der Waals surface area contributed by atoms with Crippen LogP contribution in [0, 0.1) is 17.3 Å². The van der Waals surface area contributed by atoms with Gasteiger partial charge in [-0.3, -0.25) is 4.79 Å². The molecule has 0 aliphatic carbocycles. The summed E-state index contributed by atoms with van der Waals surface area (Å²) in [6.07, 6.45) is 1.27. The second-order valence-electron chi connectivity index (χ2n) is 8.19. The molecular weight excluding hydrogens is 308 g/mol. The van der Waals surface area contributed by atoms with E-state index in [1.54, 1.807) is 13.2 Å². The Morgan fingerprint density at radius 1 is 1.29 bits per heavy atom. The summed E-state index contributed by atoms with van der Waals surface area (Å²) in [6.45, 7) is 17.6. The molecule has 0 unspecified atom stereocenters. The van der Waals surface area contributed by atoms with E-state index < -0.39 is 11.2 Å². The molecule has 0 spiro atoms. The van der Waals surface area contributed by atoms with Crippen LogP contribution in [-0.4, -0.2) is 43.8 Å². The van der Waals surface area contributed by atoms with Gasteiger partial charge in [0.1, 0.15) is 6.10 Å². The Hall–Kier alpha value is -0.910. The van der Waals surface area contributed by atoms with Gasteiger partial charge in [-0.2, -0.15) is 0 Å². The predicted octanol–water partition coefficient (Wildman–Crippen LogP) is 3.57. The molecule has 0 saturated carbocycles. The Balaban J connectivity index is 2.83. The van der Waals surface area contributed by atoms with Crippen molar-refractivity contribution in [3.8, 4) is 0 Å². The summed E-state index contributed by atoms with van der Waals surface area (Å²) in [4.78, 5) is 12.0. The van der Waals surface area contributed by atoms with Gasteiger partial charge in [-0.1, -0.05) is 19.9 Å². The van der Waals surface area contributed by atoms with Crippen LogP contribution >= 0.6 is 0 Å². The van der Waals surface area contributed by atoms with Gasteiger partial charge in [-0.25, -0.2) is 0 Å². The number of ether oxygens (including phenoxy) is 4. The van der Waals surface area contributed by atoms with E-state index in [1.807, 2.05) is 41.5 Å². The van der Waals surface area contributed by atoms with Crippen molar-refractivity contribution in [3.63, 3.8) is 0 Å². The van der Waals surface area contributed by atoms with Crippen molar-refractivity contribution in [2.75, 3.05) is 13.7 Å². The average molecular weight is 342 g/mol. The first-order chi connectivity index (χ1) is 10.9. The number of rotatable bonds is 6. The molecular formula is C19H34O5. The van der Waals surface area contributed by atoms with Crippen LogP contribution in [-0.2, 0) is 23.7 Å². The Bertz CT molecular complexity index is 438. The maximum absolute atomic E-state index is 12.0. The van der Waals surface area contributed by atoms with Crippen LogP contribution in [0.3, 0.4) is 0 Å². The molecule has 5 atom stereocenters. The Morgan fingerprint density at radius 3 is 2.29 bits per heavy atom. The number of carbonyl (C=O) groups excluding carboxylic acids is 1. The van der Waals surface area contributed by atoms with Crippen molar-refractivity contribution in [2.45, 2.75) is 72.6 Å². The van der Waals surface area contributed by atoms with E-state index in [1.165, 1.54) is 0 Å². The fourth-order valence-electron chi connectivity index (χ4n) is 2.97. The summed E-state index contributed by atoms with van der Waals surface area (Å²) >= 11 is 0. The SMILES string of the molecule is C=C[C@H](OC)[C@@H]1OC(C)(C)O[C@H]([C@H](C)COC(=O)C(C)(C)C)[C@@H]1C. The number of esters is 1. The van der Waals surface area contributed by atoms with Crippen molar-refractivity contribution < 1.29 is 23.7 Å². The molecule has 140 valence electrons. The minimum atomic E-state index is -0.732. The smallest absolute Gasteiger partial charge is 0.311 e. The minimum Gasteiger partial charge on any atom is -0.465 e. The molecule has 1 fully saturated rings. The van der Waals surface area contributed by atoms with Gasteiger partial charge in [-0.05, 0) is 34.6 Å². The Morgan fingerprint density at radius 2 is 1.83 bits per heavy atom. The first-order valence-corrected chi connectivity index (χ1v) is 8.61. The van der Waals surface area contributed by atoms with Crippen LogP contribution in [0.15, 0.2) is 12.7 Å². The average Bonchev–Trinajstić information content (AvgIpc) is 2.47. The Labute approximate surface area is 146 Å². The highest BCUT2D eigenvalue weighted by Gasteiger charge is 2.45. The molecule has 0 aromatic rings. The first-order valence-electron chi connectivity index (χ1n) is 8.61. The Kier molecular flexibility index (Phi) is 7.03. The highest BCUT2D eigenvalue weighted by atomic mass is 16.7. The van der Waals surface area contributed by atoms with Crippen molar-refractivity contribution in [2.24, 2.45) is 17.3 Å². The van der Waals surface area contributed by atoms with Gasteiger partial charge in [0.15, 0.2) is 5.79 Å². The van der Waals surface area contributed by atoms with Gasteiger partial charge in [0.25, 0.3) is 0 Å². The third-order valence-corrected chi connectivity index (χ3v) is 4.36. The van der Waals surface area contributed by atoms with Crippen LogP contribution in [0.2, 0.25) is 0 Å². The van der Waals surface area contributed by atoms with Crippen LogP contribution in [0.1, 0.15) is 48.5 Å². The lowest BCUT2D eigenvalue weighted by Crippen LogP contribution is -2.56. The summed E-state index contributed by atoms with van der Waals surface area (Å²) in [6, 6.07) is 0. The quantitative estimate of drug-likeness (QED) is 0.545. The van der Waals surface area contributed by atoms with Crippen LogP contribution in [0.5, 0.6) is 0 Å².